The average Bonchev–Trinajstić information content (AvgIpc) is 3.88. The summed E-state index contributed by atoms with van der Waals surface area (Å²) in [6.07, 6.45) is -0.326. The Balaban J connectivity index is 0.966. The molecule has 5 fully saturated rings. The average molecular weight is 812 g/mol. The molecule has 17 heteroatoms. The molecule has 2 heterocycles. The monoisotopic (exact) mass is 811 g/mol. The van der Waals surface area contributed by atoms with Gasteiger partial charge in [0, 0.05) is 12.8 Å². The molecule has 58 heavy (non-hydrogen) atoms. The fourth-order valence-electron chi connectivity index (χ4n) is 11.6. The number of alkyl carbamates (subject to hydrolysis) is 1. The topological polar surface area (TPSA) is 266 Å². The molecule has 17 nitrogen and oxygen atoms in total. The van der Waals surface area contributed by atoms with Crippen molar-refractivity contribution >= 4 is 23.9 Å². The van der Waals surface area contributed by atoms with E-state index in [9.17, 15) is 44.7 Å². The van der Waals surface area contributed by atoms with Crippen molar-refractivity contribution in [1.82, 2.24) is 20.1 Å². The van der Waals surface area contributed by atoms with Gasteiger partial charge in [0.15, 0.2) is 6.23 Å². The molecule has 4 saturated carbocycles. The molecule has 7 rings (SSSR count). The Bertz CT molecular complexity index is 1810. The van der Waals surface area contributed by atoms with Gasteiger partial charge in [-0.05, 0) is 104 Å². The van der Waals surface area contributed by atoms with Gasteiger partial charge in [0.2, 0.25) is 5.82 Å². The van der Waals surface area contributed by atoms with Gasteiger partial charge in [-0.15, -0.1) is 5.10 Å². The van der Waals surface area contributed by atoms with Crippen LogP contribution in [0.15, 0.2) is 36.7 Å². The molecule has 1 aromatic heterocycles. The Morgan fingerprint density at radius 3 is 2.48 bits per heavy atom. The van der Waals surface area contributed by atoms with E-state index in [4.69, 9.17) is 19.9 Å². The van der Waals surface area contributed by atoms with E-state index in [2.05, 4.69) is 29.2 Å². The number of esters is 1. The molecule has 2 amide bonds. The Labute approximate surface area is 336 Å². The lowest BCUT2D eigenvalue weighted by Crippen LogP contribution is -2.62. The molecule has 7 unspecified atom stereocenters. The van der Waals surface area contributed by atoms with Gasteiger partial charge in [-0.1, -0.05) is 44.2 Å². The van der Waals surface area contributed by atoms with Gasteiger partial charge >= 0.3 is 18.0 Å². The van der Waals surface area contributed by atoms with E-state index in [0.29, 0.717) is 32.1 Å². The van der Waals surface area contributed by atoms with Crippen molar-refractivity contribution in [3.63, 3.8) is 0 Å². The first-order chi connectivity index (χ1) is 27.6. The molecule has 0 bridgehead atoms. The largest absolute Gasteiger partial charge is 0.481 e. The number of nitrogens with one attached hydrogen (secondary N) is 1. The number of nitrogens with two attached hydrogens (primary N) is 1. The Hall–Kier alpha value is -4.16. The lowest BCUT2D eigenvalue weighted by Gasteiger charge is -2.63. The molecular formula is C41H57N5O12. The fraction of sp³-hybridized carbons (Fsp3) is 0.707. The van der Waals surface area contributed by atoms with E-state index in [0.717, 1.165) is 42.3 Å². The van der Waals surface area contributed by atoms with Gasteiger partial charge in [-0.2, -0.15) is 0 Å². The van der Waals surface area contributed by atoms with E-state index in [1.807, 2.05) is 6.07 Å². The van der Waals surface area contributed by atoms with Gasteiger partial charge in [-0.25, -0.2) is 19.3 Å². The maximum atomic E-state index is 13.5. The number of aliphatic carboxylic acids is 1. The first-order valence-electron chi connectivity index (χ1n) is 20.6. The van der Waals surface area contributed by atoms with E-state index in [-0.39, 0.29) is 59.1 Å². The summed E-state index contributed by atoms with van der Waals surface area (Å²) in [7, 11) is 0. The van der Waals surface area contributed by atoms with Crippen LogP contribution in [-0.2, 0) is 30.2 Å². The van der Waals surface area contributed by atoms with Crippen LogP contribution in [0.4, 0.5) is 4.79 Å². The van der Waals surface area contributed by atoms with Crippen LogP contribution in [-0.4, -0.2) is 114 Å². The number of nitrogens with zero attached hydrogens (tertiary/aromatic N) is 3. The summed E-state index contributed by atoms with van der Waals surface area (Å²) >= 11 is 0. The maximum absolute atomic E-state index is 13.5. The molecule has 15 atom stereocenters. The van der Waals surface area contributed by atoms with Gasteiger partial charge < -0.3 is 50.8 Å². The quantitative estimate of drug-likeness (QED) is 0.143. The molecule has 4 aliphatic carbocycles. The number of aliphatic hydroxyl groups excluding tert-OH is 4. The van der Waals surface area contributed by atoms with E-state index >= 15 is 0 Å². The second-order valence-electron chi connectivity index (χ2n) is 17.8. The molecule has 1 aliphatic heterocycles. The highest BCUT2D eigenvalue weighted by Gasteiger charge is 2.65. The highest BCUT2D eigenvalue weighted by molar-refractivity contribution is 5.88. The lowest BCUT2D eigenvalue weighted by atomic mass is 9.43. The standard InChI is InChI=1S/C41H57N5O12/c1-40-14-13-24(16-23(40)17-28(47)32-25-12-11-22(9-6-10-31(49)50)41(25,2)30(48)18-26(32)40)57-39(55)44-27(15-21-7-4-3-5-8-21)38(54)56-19-29-33(51)34(52)37(58-29)46-20-43-36(45-46)35(42)53/h3-5,7-8,20,22-30,32-34,37,47-48,51-52H,6,9-19H2,1-2H3,(H2,42,53)(H,44,55)(H,49,50)/t22?,23-,24+,25-,26-,27?,28?,29?,30-,32-,33?,34?,37?,40-,41+/m0/s1. The zero-order valence-corrected chi connectivity index (χ0v) is 33.0. The van der Waals surface area contributed by atoms with E-state index in [1.54, 1.807) is 24.3 Å². The number of carbonyl (C=O) groups is 4. The molecule has 1 saturated heterocycles. The molecule has 5 aliphatic rings. The number of carbonyl (C=O) groups excluding carboxylic acids is 3. The summed E-state index contributed by atoms with van der Waals surface area (Å²) in [6, 6.07) is 7.85. The lowest BCUT2D eigenvalue weighted by molar-refractivity contribution is -0.204. The van der Waals surface area contributed by atoms with Crippen LogP contribution in [0.2, 0.25) is 0 Å². The maximum Gasteiger partial charge on any atom is 0.408 e. The van der Waals surface area contributed by atoms with E-state index in [1.165, 1.54) is 0 Å². The highest BCUT2D eigenvalue weighted by atomic mass is 16.6. The Morgan fingerprint density at radius 1 is 1.02 bits per heavy atom. The molecule has 0 spiro atoms. The van der Waals surface area contributed by atoms with Gasteiger partial charge in [-0.3, -0.25) is 9.59 Å². The summed E-state index contributed by atoms with van der Waals surface area (Å²) in [6.45, 7) is 3.94. The molecule has 2 aromatic rings. The van der Waals surface area contributed by atoms with Crippen molar-refractivity contribution in [3.05, 3.63) is 48.0 Å². The number of benzene rings is 1. The normalized spacial score (nSPS) is 38.4. The third kappa shape index (κ3) is 8.07. The number of aliphatic hydroxyl groups is 4. The van der Waals surface area contributed by atoms with Crippen molar-refractivity contribution in [2.45, 2.75) is 133 Å². The number of rotatable bonds is 13. The van der Waals surface area contributed by atoms with Crippen LogP contribution in [0.5, 0.6) is 0 Å². The molecule has 1 aromatic carbocycles. The number of aromatic nitrogens is 3. The van der Waals surface area contributed by atoms with Crippen LogP contribution in [0.25, 0.3) is 0 Å². The van der Waals surface area contributed by atoms with Crippen molar-refractivity contribution in [1.29, 1.82) is 0 Å². The number of carboxylic acid groups (broad SMARTS) is 1. The van der Waals surface area contributed by atoms with Crippen molar-refractivity contribution in [3.8, 4) is 0 Å². The SMILES string of the molecule is C[C@]12CC[C@@H](OC(=O)NC(Cc3ccccc3)C(=O)OCC3OC(n4cnc(C(N)=O)n4)C(O)C3O)C[C@H]1CC(O)[C@@H]1[C@@H]2C[C@H](O)[C@]2(C)C(CCCC(=O)O)CC[C@@H]12. The number of hydrogen-bond acceptors (Lipinski definition) is 13. The third-order valence-electron chi connectivity index (χ3n) is 14.7. The van der Waals surface area contributed by atoms with E-state index < -0.39 is 79.4 Å². The summed E-state index contributed by atoms with van der Waals surface area (Å²) in [5, 5.41) is 60.6. The summed E-state index contributed by atoms with van der Waals surface area (Å²) in [4.78, 5) is 53.4. The van der Waals surface area contributed by atoms with Crippen LogP contribution >= 0.6 is 0 Å². The van der Waals surface area contributed by atoms with Crippen LogP contribution in [0.1, 0.15) is 100 Å². The molecule has 318 valence electrons. The third-order valence-corrected chi connectivity index (χ3v) is 14.7. The first kappa shape index (κ1) is 42.0. The Kier molecular flexibility index (Phi) is 12.2. The minimum absolute atomic E-state index is 0.0341. The van der Waals surface area contributed by atoms with Crippen LogP contribution in [0, 0.1) is 40.4 Å². The predicted molar refractivity (Wildman–Crippen MR) is 202 cm³/mol. The second-order valence-corrected chi connectivity index (χ2v) is 17.8. The van der Waals surface area contributed by atoms with Crippen molar-refractivity contribution in [2.75, 3.05) is 6.61 Å². The number of fused-ring (bicyclic) bond motifs is 5. The summed E-state index contributed by atoms with van der Waals surface area (Å²) in [5.74, 6) is -2.30. The smallest absolute Gasteiger partial charge is 0.408 e. The summed E-state index contributed by atoms with van der Waals surface area (Å²) < 4.78 is 18.2. The predicted octanol–water partition coefficient (Wildman–Crippen LogP) is 2.10. The molecule has 8 N–H and O–H groups in total. The molecule has 0 radical (unpaired) electrons. The first-order valence-corrected chi connectivity index (χ1v) is 20.6. The minimum atomic E-state index is -1.49. The number of carboxylic acids is 1. The van der Waals surface area contributed by atoms with Gasteiger partial charge in [0.05, 0.1) is 12.2 Å². The number of primary amides is 1. The second kappa shape index (κ2) is 16.8. The van der Waals surface area contributed by atoms with Crippen LogP contribution in [0.3, 0.4) is 0 Å². The minimum Gasteiger partial charge on any atom is -0.481 e. The Morgan fingerprint density at radius 2 is 1.78 bits per heavy atom. The van der Waals surface area contributed by atoms with Crippen LogP contribution < -0.4 is 11.1 Å². The van der Waals surface area contributed by atoms with Crippen molar-refractivity contribution in [2.24, 2.45) is 46.2 Å². The van der Waals surface area contributed by atoms with Crippen molar-refractivity contribution < 1.29 is 58.9 Å². The fourth-order valence-corrected chi connectivity index (χ4v) is 11.6. The zero-order valence-electron chi connectivity index (χ0n) is 33.0. The number of hydrogen-bond donors (Lipinski definition) is 7. The molecular weight excluding hydrogens is 754 g/mol. The summed E-state index contributed by atoms with van der Waals surface area (Å²) in [5.41, 5.74) is 5.40. The highest BCUT2D eigenvalue weighted by Crippen LogP contribution is 2.68. The van der Waals surface area contributed by atoms with Gasteiger partial charge in [0.25, 0.3) is 5.91 Å². The number of ether oxygens (including phenoxy) is 3. The van der Waals surface area contributed by atoms with Gasteiger partial charge in [0.1, 0.15) is 43.4 Å². The zero-order chi connectivity index (χ0) is 41.5. The number of amides is 2.